The quantitative estimate of drug-likeness (QED) is 0.799. The third kappa shape index (κ3) is 4.26. The normalized spacial score (nSPS) is 27.7. The Morgan fingerprint density at radius 2 is 2.00 bits per heavy atom. The van der Waals surface area contributed by atoms with Gasteiger partial charge in [-0.05, 0) is 61.5 Å². The molecule has 4 atom stereocenters. The van der Waals surface area contributed by atoms with Crippen LogP contribution < -0.4 is 5.32 Å². The molecule has 120 valence electrons. The maximum Gasteiger partial charge on any atom is 0.0803 e. The molecule has 1 fully saturated rings. The summed E-state index contributed by atoms with van der Waals surface area (Å²) in [5, 5.41) is 8.20. The fourth-order valence-corrected chi connectivity index (χ4v) is 4.39. The highest BCUT2D eigenvalue weighted by Gasteiger charge is 2.32. The van der Waals surface area contributed by atoms with Crippen molar-refractivity contribution in [2.45, 2.75) is 72.3 Å². The van der Waals surface area contributed by atoms with E-state index in [0.717, 1.165) is 37.1 Å². The van der Waals surface area contributed by atoms with Crippen molar-refractivity contribution in [3.8, 4) is 0 Å². The van der Waals surface area contributed by atoms with Crippen LogP contribution in [0.4, 0.5) is 0 Å². The van der Waals surface area contributed by atoms with Gasteiger partial charge in [-0.1, -0.05) is 45.0 Å². The van der Waals surface area contributed by atoms with E-state index in [4.69, 9.17) is 0 Å². The predicted molar refractivity (Wildman–Crippen MR) is 90.6 cm³/mol. The molecule has 1 saturated carbocycles. The van der Waals surface area contributed by atoms with Crippen molar-refractivity contribution in [1.82, 2.24) is 14.9 Å². The summed E-state index contributed by atoms with van der Waals surface area (Å²) < 4.78 is 4.25. The molecule has 0 saturated heterocycles. The van der Waals surface area contributed by atoms with E-state index in [0.29, 0.717) is 6.04 Å². The minimum absolute atomic E-state index is 0.474. The summed E-state index contributed by atoms with van der Waals surface area (Å²) in [6, 6.07) is 0.474. The molecule has 1 aromatic heterocycles. The fraction of sp³-hybridized carbons (Fsp3) is 0.882. The van der Waals surface area contributed by atoms with Gasteiger partial charge in [-0.2, -0.15) is 0 Å². The van der Waals surface area contributed by atoms with Gasteiger partial charge in [0.05, 0.1) is 10.6 Å². The SMILES string of the molecule is CCCNC(c1snnc1CCC)C1CCC(C)C(C)C1. The number of nitrogens with one attached hydrogen (secondary N) is 1. The Morgan fingerprint density at radius 3 is 2.67 bits per heavy atom. The molecular weight excluding hydrogens is 278 g/mol. The molecule has 1 N–H and O–H groups in total. The Hall–Kier alpha value is -0.480. The second-order valence-electron chi connectivity index (χ2n) is 6.79. The van der Waals surface area contributed by atoms with Gasteiger partial charge in [0.25, 0.3) is 0 Å². The highest BCUT2D eigenvalue weighted by atomic mass is 32.1. The van der Waals surface area contributed by atoms with Gasteiger partial charge in [-0.25, -0.2) is 0 Å². The summed E-state index contributed by atoms with van der Waals surface area (Å²) in [6.45, 7) is 10.4. The van der Waals surface area contributed by atoms with Crippen LogP contribution in [0.2, 0.25) is 0 Å². The maximum atomic E-state index is 4.39. The van der Waals surface area contributed by atoms with Gasteiger partial charge in [-0.15, -0.1) is 5.10 Å². The van der Waals surface area contributed by atoms with Gasteiger partial charge in [-0.3, -0.25) is 0 Å². The number of nitrogens with zero attached hydrogens (tertiary/aromatic N) is 2. The standard InChI is InChI=1S/C17H31N3S/c1-5-7-15-17(21-20-19-15)16(18-10-6-2)14-9-8-12(3)13(4)11-14/h12-14,16,18H,5-11H2,1-4H3. The van der Waals surface area contributed by atoms with Crippen LogP contribution in [0.3, 0.4) is 0 Å². The van der Waals surface area contributed by atoms with Gasteiger partial charge < -0.3 is 5.32 Å². The van der Waals surface area contributed by atoms with Gasteiger partial charge >= 0.3 is 0 Å². The molecule has 2 rings (SSSR count). The minimum Gasteiger partial charge on any atom is -0.309 e. The molecule has 1 aromatic rings. The van der Waals surface area contributed by atoms with Crippen LogP contribution >= 0.6 is 11.5 Å². The van der Waals surface area contributed by atoms with Gasteiger partial charge in [0.1, 0.15) is 0 Å². The topological polar surface area (TPSA) is 37.8 Å². The van der Waals surface area contributed by atoms with E-state index < -0.39 is 0 Å². The highest BCUT2D eigenvalue weighted by molar-refractivity contribution is 7.05. The van der Waals surface area contributed by atoms with Crippen LogP contribution in [0.15, 0.2) is 0 Å². The third-order valence-corrected chi connectivity index (χ3v) is 5.93. The summed E-state index contributed by atoms with van der Waals surface area (Å²) in [5.74, 6) is 2.47. The molecule has 0 aromatic carbocycles. The Labute approximate surface area is 134 Å². The number of aromatic nitrogens is 2. The van der Waals surface area contributed by atoms with Gasteiger partial charge in [0, 0.05) is 6.04 Å². The molecule has 3 nitrogen and oxygen atoms in total. The summed E-state index contributed by atoms with van der Waals surface area (Å²) in [7, 11) is 0. The minimum atomic E-state index is 0.474. The lowest BCUT2D eigenvalue weighted by molar-refractivity contribution is 0.172. The highest BCUT2D eigenvalue weighted by Crippen LogP contribution is 2.41. The fourth-order valence-electron chi connectivity index (χ4n) is 3.53. The Bertz CT molecular complexity index is 418. The Balaban J connectivity index is 2.15. The number of hydrogen-bond acceptors (Lipinski definition) is 4. The summed E-state index contributed by atoms with van der Waals surface area (Å²) in [5.41, 5.74) is 1.24. The van der Waals surface area contributed by atoms with Crippen molar-refractivity contribution in [3.63, 3.8) is 0 Å². The second kappa shape index (κ2) is 8.23. The molecule has 0 radical (unpaired) electrons. The van der Waals surface area contributed by atoms with Crippen molar-refractivity contribution in [2.24, 2.45) is 17.8 Å². The van der Waals surface area contributed by atoms with Crippen LogP contribution in [0, 0.1) is 17.8 Å². The van der Waals surface area contributed by atoms with E-state index in [-0.39, 0.29) is 0 Å². The Morgan fingerprint density at radius 1 is 1.19 bits per heavy atom. The van der Waals surface area contributed by atoms with E-state index in [1.54, 1.807) is 11.5 Å². The van der Waals surface area contributed by atoms with E-state index in [1.165, 1.54) is 36.3 Å². The Kier molecular flexibility index (Phi) is 6.62. The van der Waals surface area contributed by atoms with Crippen molar-refractivity contribution >= 4 is 11.5 Å². The van der Waals surface area contributed by atoms with Crippen LogP contribution in [-0.2, 0) is 6.42 Å². The molecule has 0 bridgehead atoms. The molecule has 21 heavy (non-hydrogen) atoms. The largest absolute Gasteiger partial charge is 0.309 e. The first-order valence-electron chi connectivity index (χ1n) is 8.71. The van der Waals surface area contributed by atoms with Gasteiger partial charge in [0.2, 0.25) is 0 Å². The number of rotatable bonds is 7. The molecule has 1 aliphatic rings. The molecule has 0 amide bonds. The molecule has 1 heterocycles. The maximum absolute atomic E-state index is 4.39. The van der Waals surface area contributed by atoms with Crippen LogP contribution in [0.25, 0.3) is 0 Å². The first kappa shape index (κ1) is 16.9. The molecule has 4 unspecified atom stereocenters. The van der Waals surface area contributed by atoms with Gasteiger partial charge in [0.15, 0.2) is 0 Å². The zero-order valence-electron chi connectivity index (χ0n) is 14.1. The average molecular weight is 310 g/mol. The molecular formula is C17H31N3S. The smallest absolute Gasteiger partial charge is 0.0803 e. The first-order chi connectivity index (χ1) is 10.2. The number of aryl methyl sites for hydroxylation is 1. The number of hydrogen-bond donors (Lipinski definition) is 1. The van der Waals surface area contributed by atoms with Crippen LogP contribution in [0.1, 0.15) is 76.4 Å². The first-order valence-corrected chi connectivity index (χ1v) is 9.49. The monoisotopic (exact) mass is 309 g/mol. The average Bonchev–Trinajstić information content (AvgIpc) is 2.92. The van der Waals surface area contributed by atoms with Crippen LogP contribution in [0.5, 0.6) is 0 Å². The lowest BCUT2D eigenvalue weighted by Crippen LogP contribution is -2.33. The van der Waals surface area contributed by atoms with Crippen molar-refractivity contribution in [3.05, 3.63) is 10.6 Å². The molecule has 0 spiro atoms. The zero-order chi connectivity index (χ0) is 15.2. The van der Waals surface area contributed by atoms with E-state index in [1.807, 2.05) is 0 Å². The predicted octanol–water partition coefficient (Wildman–Crippen LogP) is 4.60. The third-order valence-electron chi connectivity index (χ3n) is 5.08. The van der Waals surface area contributed by atoms with E-state index in [2.05, 4.69) is 42.6 Å². The summed E-state index contributed by atoms with van der Waals surface area (Å²) >= 11 is 1.62. The molecule has 0 aliphatic heterocycles. The van der Waals surface area contributed by atoms with Crippen molar-refractivity contribution in [2.75, 3.05) is 6.54 Å². The van der Waals surface area contributed by atoms with Crippen LogP contribution in [-0.4, -0.2) is 16.1 Å². The lowest BCUT2D eigenvalue weighted by Gasteiger charge is -2.37. The summed E-state index contributed by atoms with van der Waals surface area (Å²) in [6.07, 6.45) is 7.45. The molecule has 1 aliphatic carbocycles. The molecule has 4 heteroatoms. The lowest BCUT2D eigenvalue weighted by atomic mass is 9.72. The zero-order valence-corrected chi connectivity index (χ0v) is 14.9. The second-order valence-corrected chi connectivity index (χ2v) is 7.58. The van der Waals surface area contributed by atoms with Crippen molar-refractivity contribution in [1.29, 1.82) is 0 Å². The summed E-state index contributed by atoms with van der Waals surface area (Å²) in [4.78, 5) is 1.41. The van der Waals surface area contributed by atoms with E-state index in [9.17, 15) is 0 Å². The van der Waals surface area contributed by atoms with E-state index >= 15 is 0 Å². The van der Waals surface area contributed by atoms with Crippen molar-refractivity contribution < 1.29 is 0 Å².